The molecule has 0 aromatic carbocycles. The molecule has 146 valence electrons. The van der Waals surface area contributed by atoms with Crippen LogP contribution in [0.25, 0.3) is 0 Å². The summed E-state index contributed by atoms with van der Waals surface area (Å²) in [5.41, 5.74) is 0. The molecule has 4 rings (SSSR count). The largest absolute Gasteiger partial charge is 0.353 e. The first-order valence-corrected chi connectivity index (χ1v) is 11.1. The zero-order valence-electron chi connectivity index (χ0n) is 16.5. The van der Waals surface area contributed by atoms with Crippen LogP contribution < -0.4 is 10.6 Å². The predicted octanol–water partition coefficient (Wildman–Crippen LogP) is 3.65. The zero-order valence-corrected chi connectivity index (χ0v) is 16.5. The lowest BCUT2D eigenvalue weighted by molar-refractivity contribution is -0.127. The molecule has 2 N–H and O–H groups in total. The molecule has 0 radical (unpaired) electrons. The van der Waals surface area contributed by atoms with Crippen LogP contribution in [0.2, 0.25) is 0 Å². The van der Waals surface area contributed by atoms with Gasteiger partial charge in [-0.3, -0.25) is 9.59 Å². The molecule has 0 unspecified atom stereocenters. The van der Waals surface area contributed by atoms with E-state index in [9.17, 15) is 9.59 Å². The summed E-state index contributed by atoms with van der Waals surface area (Å²) in [5, 5.41) is 6.35. The van der Waals surface area contributed by atoms with Gasteiger partial charge >= 0.3 is 0 Å². The lowest BCUT2D eigenvalue weighted by atomic mass is 9.84. The van der Waals surface area contributed by atoms with E-state index in [0.717, 1.165) is 23.7 Å². The summed E-state index contributed by atoms with van der Waals surface area (Å²) in [6.07, 6.45) is 11.4. The Morgan fingerprint density at radius 3 is 1.46 bits per heavy atom. The highest BCUT2D eigenvalue weighted by Crippen LogP contribution is 2.50. The van der Waals surface area contributed by atoms with E-state index >= 15 is 0 Å². The predicted molar refractivity (Wildman–Crippen MR) is 102 cm³/mol. The molecule has 0 spiro atoms. The molecule has 4 fully saturated rings. The van der Waals surface area contributed by atoms with Gasteiger partial charge in [-0.25, -0.2) is 0 Å². The van der Waals surface area contributed by atoms with Gasteiger partial charge in [-0.15, -0.1) is 0 Å². The molecule has 4 bridgehead atoms. The highest BCUT2D eigenvalue weighted by Gasteiger charge is 2.43. The number of nitrogens with one attached hydrogen (secondary N) is 2. The summed E-state index contributed by atoms with van der Waals surface area (Å²) in [6.45, 7) is 4.31. The maximum atomic E-state index is 12.3. The number of hydrogen-bond acceptors (Lipinski definition) is 2. The maximum absolute atomic E-state index is 12.3. The Morgan fingerprint density at radius 1 is 0.731 bits per heavy atom. The molecule has 0 aliphatic heterocycles. The van der Waals surface area contributed by atoms with Crippen molar-refractivity contribution in [3.8, 4) is 0 Å². The highest BCUT2D eigenvalue weighted by molar-refractivity contribution is 5.84. The molecule has 26 heavy (non-hydrogen) atoms. The Labute approximate surface area is 158 Å². The molecule has 0 heterocycles. The normalized spacial score (nSPS) is 39.8. The molecule has 4 aliphatic carbocycles. The van der Waals surface area contributed by atoms with Crippen molar-refractivity contribution in [2.24, 2.45) is 35.5 Å². The van der Waals surface area contributed by atoms with Crippen LogP contribution in [-0.2, 0) is 9.59 Å². The van der Waals surface area contributed by atoms with Crippen LogP contribution in [0.1, 0.15) is 78.1 Å². The van der Waals surface area contributed by atoms with Gasteiger partial charge in [0.15, 0.2) is 0 Å². The van der Waals surface area contributed by atoms with E-state index in [0.29, 0.717) is 24.7 Å². The Hall–Kier alpha value is -1.06. The van der Waals surface area contributed by atoms with E-state index < -0.39 is 0 Å². The molecular weight excluding hydrogens is 324 g/mol. The van der Waals surface area contributed by atoms with Crippen LogP contribution in [0.5, 0.6) is 0 Å². The number of rotatable bonds is 7. The molecule has 2 amide bonds. The zero-order chi connectivity index (χ0) is 18.3. The smallest absolute Gasteiger partial charge is 0.220 e. The minimum Gasteiger partial charge on any atom is -0.353 e. The van der Waals surface area contributed by atoms with Crippen LogP contribution in [0, 0.1) is 35.5 Å². The van der Waals surface area contributed by atoms with Gasteiger partial charge in [-0.2, -0.15) is 0 Å². The first-order chi connectivity index (χ1) is 12.5. The van der Waals surface area contributed by atoms with Gasteiger partial charge in [0, 0.05) is 24.9 Å². The third-order valence-electron chi connectivity index (χ3n) is 8.23. The van der Waals surface area contributed by atoms with E-state index in [-0.39, 0.29) is 23.9 Å². The van der Waals surface area contributed by atoms with Crippen molar-refractivity contribution in [2.45, 2.75) is 90.1 Å². The first-order valence-electron chi connectivity index (χ1n) is 11.1. The molecule has 4 saturated carbocycles. The number of carbonyl (C=O) groups excluding carboxylic acids is 2. The molecule has 0 aromatic rings. The van der Waals surface area contributed by atoms with Gasteiger partial charge in [0.2, 0.25) is 11.8 Å². The Kier molecular flexibility index (Phi) is 5.29. The third-order valence-corrected chi connectivity index (χ3v) is 8.23. The van der Waals surface area contributed by atoms with Gasteiger partial charge in [-0.05, 0) is 87.9 Å². The lowest BCUT2D eigenvalue weighted by Crippen LogP contribution is -2.42. The van der Waals surface area contributed by atoms with E-state index in [2.05, 4.69) is 24.5 Å². The summed E-state index contributed by atoms with van der Waals surface area (Å²) in [4.78, 5) is 24.6. The second-order valence-corrected chi connectivity index (χ2v) is 9.89. The van der Waals surface area contributed by atoms with E-state index in [4.69, 9.17) is 0 Å². The summed E-state index contributed by atoms with van der Waals surface area (Å²) in [6, 6.07) is 0.516. The third kappa shape index (κ3) is 3.80. The van der Waals surface area contributed by atoms with Crippen molar-refractivity contribution in [3.63, 3.8) is 0 Å². The maximum Gasteiger partial charge on any atom is 0.220 e. The fraction of sp³-hybridized carbons (Fsp3) is 0.909. The average molecular weight is 361 g/mol. The molecule has 0 saturated heterocycles. The van der Waals surface area contributed by atoms with Gasteiger partial charge in [0.05, 0.1) is 0 Å². The molecule has 8 atom stereocenters. The van der Waals surface area contributed by atoms with Crippen LogP contribution in [0.4, 0.5) is 0 Å². The van der Waals surface area contributed by atoms with Crippen molar-refractivity contribution >= 4 is 11.8 Å². The summed E-state index contributed by atoms with van der Waals surface area (Å²) in [7, 11) is 0. The minimum absolute atomic E-state index is 0.0444. The average Bonchev–Trinajstić information content (AvgIpc) is 3.39. The van der Waals surface area contributed by atoms with Crippen LogP contribution >= 0.6 is 0 Å². The molecule has 0 aromatic heterocycles. The van der Waals surface area contributed by atoms with Crippen molar-refractivity contribution in [2.75, 3.05) is 0 Å². The number of fused-ring (bicyclic) bond motifs is 4. The molecule has 4 heteroatoms. The van der Waals surface area contributed by atoms with Gasteiger partial charge in [-0.1, -0.05) is 12.8 Å². The van der Waals surface area contributed by atoms with Crippen molar-refractivity contribution in [1.29, 1.82) is 0 Å². The second-order valence-electron chi connectivity index (χ2n) is 9.89. The molecule has 4 nitrogen and oxygen atoms in total. The van der Waals surface area contributed by atoms with E-state index in [1.807, 2.05) is 0 Å². The van der Waals surface area contributed by atoms with Gasteiger partial charge in [0.1, 0.15) is 0 Å². The fourth-order valence-corrected chi connectivity index (χ4v) is 6.91. The monoisotopic (exact) mass is 360 g/mol. The molecular formula is C22H36N2O2. The van der Waals surface area contributed by atoms with Crippen molar-refractivity contribution in [3.05, 3.63) is 0 Å². The van der Waals surface area contributed by atoms with Crippen molar-refractivity contribution in [1.82, 2.24) is 10.6 Å². The number of carbonyl (C=O) groups is 2. The van der Waals surface area contributed by atoms with Gasteiger partial charge < -0.3 is 10.6 Å². The Balaban J connectivity index is 1.15. The number of hydrogen-bond donors (Lipinski definition) is 2. The SMILES string of the molecule is C[C@H](NC(=O)CCC(=O)N[C@@H](C)[C@@H]1C[C@@H]2CC[C@@H]1C2)[C@@H]1C[C@@H]2CC[C@@H]1C2. The summed E-state index contributed by atoms with van der Waals surface area (Å²) < 4.78 is 0. The summed E-state index contributed by atoms with van der Waals surface area (Å²) >= 11 is 0. The van der Waals surface area contributed by atoms with Crippen molar-refractivity contribution < 1.29 is 9.59 Å². The standard InChI is InChI=1S/C22H36N2O2/c1-13(19-11-15-3-5-17(19)9-15)23-21(25)7-8-22(26)24-14(2)20-12-16-4-6-18(20)10-16/h13-20H,3-12H2,1-2H3,(H,23,25)(H,24,26)/t13-,14-,15+,16+,17+,18+,19-,20-/m0/s1. The second kappa shape index (κ2) is 7.52. The topological polar surface area (TPSA) is 58.2 Å². The quantitative estimate of drug-likeness (QED) is 0.728. The first kappa shape index (κ1) is 18.3. The fourth-order valence-electron chi connectivity index (χ4n) is 6.91. The van der Waals surface area contributed by atoms with Crippen LogP contribution in [0.15, 0.2) is 0 Å². The van der Waals surface area contributed by atoms with Crippen LogP contribution in [0.3, 0.4) is 0 Å². The molecule has 4 aliphatic rings. The van der Waals surface area contributed by atoms with Crippen LogP contribution in [-0.4, -0.2) is 23.9 Å². The lowest BCUT2D eigenvalue weighted by Gasteiger charge is -2.29. The highest BCUT2D eigenvalue weighted by atomic mass is 16.2. The Bertz CT molecular complexity index is 500. The van der Waals surface area contributed by atoms with E-state index in [1.54, 1.807) is 0 Å². The number of amides is 2. The minimum atomic E-state index is 0.0444. The Morgan fingerprint density at radius 2 is 1.15 bits per heavy atom. The van der Waals surface area contributed by atoms with E-state index in [1.165, 1.54) is 51.4 Å². The summed E-state index contributed by atoms with van der Waals surface area (Å²) in [5.74, 6) is 4.85. The van der Waals surface area contributed by atoms with Gasteiger partial charge in [0.25, 0.3) is 0 Å².